The Balaban J connectivity index is 1.99. The molecule has 0 heterocycles. The second kappa shape index (κ2) is 6.74. The van der Waals surface area contributed by atoms with Gasteiger partial charge in [-0.25, -0.2) is 0 Å². The molecule has 114 valence electrons. The first-order chi connectivity index (χ1) is 10.0. The number of hydrogen-bond acceptors (Lipinski definition) is 3. The number of carboxylic acid groups (broad SMARTS) is 1. The van der Waals surface area contributed by atoms with Crippen molar-refractivity contribution in [3.05, 3.63) is 35.9 Å². The molecule has 0 aliphatic heterocycles. The van der Waals surface area contributed by atoms with E-state index in [1.807, 2.05) is 30.3 Å². The topological polar surface area (TPSA) is 58.9 Å². The van der Waals surface area contributed by atoms with Gasteiger partial charge in [0.05, 0.1) is 6.21 Å². The van der Waals surface area contributed by atoms with Gasteiger partial charge in [0.25, 0.3) is 0 Å². The van der Waals surface area contributed by atoms with Crippen LogP contribution in [-0.2, 0) is 16.2 Å². The van der Waals surface area contributed by atoms with Crippen LogP contribution in [0.4, 0.5) is 0 Å². The van der Waals surface area contributed by atoms with E-state index < -0.39 is 11.4 Å². The van der Waals surface area contributed by atoms with E-state index in [0.717, 1.165) is 12.0 Å². The van der Waals surface area contributed by atoms with Crippen molar-refractivity contribution in [3.8, 4) is 0 Å². The van der Waals surface area contributed by atoms with Crippen LogP contribution in [0.2, 0.25) is 0 Å². The van der Waals surface area contributed by atoms with Gasteiger partial charge in [-0.15, -0.1) is 0 Å². The average Bonchev–Trinajstić information content (AvgIpc) is 2.43. The van der Waals surface area contributed by atoms with Crippen LogP contribution < -0.4 is 0 Å². The summed E-state index contributed by atoms with van der Waals surface area (Å²) in [5, 5.41) is 13.5. The Morgan fingerprint density at radius 3 is 2.52 bits per heavy atom. The summed E-state index contributed by atoms with van der Waals surface area (Å²) < 4.78 is 0. The van der Waals surface area contributed by atoms with E-state index in [2.05, 4.69) is 19.0 Å². The highest BCUT2D eigenvalue weighted by Gasteiger charge is 2.43. The zero-order valence-electron chi connectivity index (χ0n) is 12.7. The molecule has 0 bridgehead atoms. The molecule has 1 aliphatic carbocycles. The molecule has 0 aromatic heterocycles. The molecule has 2 rings (SSSR count). The maximum Gasteiger partial charge on any atom is 0.315 e. The van der Waals surface area contributed by atoms with Gasteiger partial charge in [-0.1, -0.05) is 49.3 Å². The smallest absolute Gasteiger partial charge is 0.315 e. The summed E-state index contributed by atoms with van der Waals surface area (Å²) >= 11 is 0. The number of aliphatic carboxylic acids is 1. The Kier molecular flexibility index (Phi) is 4.99. The highest BCUT2D eigenvalue weighted by molar-refractivity contribution is 5.94. The van der Waals surface area contributed by atoms with Crippen molar-refractivity contribution < 1.29 is 14.7 Å². The molecule has 1 fully saturated rings. The van der Waals surface area contributed by atoms with Gasteiger partial charge in [-0.3, -0.25) is 4.79 Å². The Bertz CT molecular complexity index is 488. The van der Waals surface area contributed by atoms with Gasteiger partial charge < -0.3 is 9.94 Å². The molecule has 0 saturated heterocycles. The molecule has 1 aromatic carbocycles. The van der Waals surface area contributed by atoms with Crippen LogP contribution in [0.3, 0.4) is 0 Å². The van der Waals surface area contributed by atoms with E-state index >= 15 is 0 Å². The van der Waals surface area contributed by atoms with Crippen LogP contribution in [-0.4, -0.2) is 17.3 Å². The zero-order valence-corrected chi connectivity index (χ0v) is 12.7. The van der Waals surface area contributed by atoms with E-state index in [1.54, 1.807) is 0 Å². The highest BCUT2D eigenvalue weighted by atomic mass is 16.6. The summed E-state index contributed by atoms with van der Waals surface area (Å²) in [7, 11) is 0. The maximum atomic E-state index is 11.7. The Morgan fingerprint density at radius 2 is 1.95 bits per heavy atom. The monoisotopic (exact) mass is 289 g/mol. The van der Waals surface area contributed by atoms with E-state index in [4.69, 9.17) is 4.84 Å². The highest BCUT2D eigenvalue weighted by Crippen LogP contribution is 2.41. The molecule has 0 spiro atoms. The van der Waals surface area contributed by atoms with Crippen LogP contribution in [0.25, 0.3) is 0 Å². The maximum absolute atomic E-state index is 11.7. The summed E-state index contributed by atoms with van der Waals surface area (Å²) in [4.78, 5) is 17.0. The molecule has 4 heteroatoms. The molecule has 1 aliphatic rings. The third-order valence-corrected chi connectivity index (χ3v) is 4.10. The standard InChI is InChI=1S/C17H23NO3/c1-13-8-14(2)10-17(9-13,16(19)20)12-18-21-11-15-6-4-3-5-7-15/h3-7,12-14H,8-11H2,1-2H3,(H,19,20)/b18-12+/t13-,14+,17?. The lowest BCUT2D eigenvalue weighted by Gasteiger charge is -2.36. The van der Waals surface area contributed by atoms with Crippen LogP contribution in [0.15, 0.2) is 35.5 Å². The molecule has 0 radical (unpaired) electrons. The number of rotatable bonds is 5. The minimum atomic E-state index is -0.881. The van der Waals surface area contributed by atoms with Gasteiger partial charge in [0, 0.05) is 0 Å². The van der Waals surface area contributed by atoms with E-state index in [1.165, 1.54) is 6.21 Å². The summed E-state index contributed by atoms with van der Waals surface area (Å²) in [5.74, 6) is -0.0104. The van der Waals surface area contributed by atoms with Gasteiger partial charge >= 0.3 is 5.97 Å². The second-order valence-corrected chi connectivity index (χ2v) is 6.31. The number of oxime groups is 1. The van der Waals surface area contributed by atoms with Crippen LogP contribution in [0, 0.1) is 17.3 Å². The lowest BCUT2D eigenvalue weighted by Crippen LogP contribution is -2.40. The first-order valence-corrected chi connectivity index (χ1v) is 7.45. The Labute approximate surface area is 125 Å². The molecule has 0 amide bonds. The molecular formula is C17H23NO3. The molecule has 1 saturated carbocycles. The minimum absolute atomic E-state index is 0.359. The molecular weight excluding hydrogens is 266 g/mol. The largest absolute Gasteiger partial charge is 0.481 e. The van der Waals surface area contributed by atoms with Gasteiger partial charge in [0.1, 0.15) is 12.0 Å². The Hall–Kier alpha value is -1.84. The first-order valence-electron chi connectivity index (χ1n) is 7.45. The average molecular weight is 289 g/mol. The fourth-order valence-electron chi connectivity index (χ4n) is 3.34. The minimum Gasteiger partial charge on any atom is -0.481 e. The van der Waals surface area contributed by atoms with Crippen molar-refractivity contribution in [2.75, 3.05) is 0 Å². The predicted molar refractivity (Wildman–Crippen MR) is 82.0 cm³/mol. The fraction of sp³-hybridized carbons (Fsp3) is 0.529. The number of benzene rings is 1. The lowest BCUT2D eigenvalue weighted by atomic mass is 9.67. The van der Waals surface area contributed by atoms with E-state index in [0.29, 0.717) is 31.3 Å². The molecule has 21 heavy (non-hydrogen) atoms. The molecule has 3 atom stereocenters. The predicted octanol–water partition coefficient (Wildman–Crippen LogP) is 3.72. The molecule has 1 N–H and O–H groups in total. The normalized spacial score (nSPS) is 29.4. The van der Waals surface area contributed by atoms with Crippen molar-refractivity contribution in [3.63, 3.8) is 0 Å². The van der Waals surface area contributed by atoms with Crippen molar-refractivity contribution in [1.29, 1.82) is 0 Å². The third kappa shape index (κ3) is 4.06. The summed E-state index contributed by atoms with van der Waals surface area (Å²) in [6.45, 7) is 4.57. The van der Waals surface area contributed by atoms with Crippen LogP contribution in [0.1, 0.15) is 38.7 Å². The number of carbonyl (C=O) groups is 1. The second-order valence-electron chi connectivity index (χ2n) is 6.31. The summed E-state index contributed by atoms with van der Waals surface area (Å²) in [6.07, 6.45) is 3.84. The quantitative estimate of drug-likeness (QED) is 0.664. The first kappa shape index (κ1) is 15.5. The lowest BCUT2D eigenvalue weighted by molar-refractivity contribution is -0.147. The summed E-state index contributed by atoms with van der Waals surface area (Å²) in [6, 6.07) is 9.72. The SMILES string of the molecule is C[C@@H]1C[C@H](C)CC(/C=N/OCc2ccccc2)(C(=O)O)C1. The van der Waals surface area contributed by atoms with E-state index in [9.17, 15) is 9.90 Å². The van der Waals surface area contributed by atoms with Gasteiger partial charge in [0.2, 0.25) is 0 Å². The number of nitrogens with zero attached hydrogens (tertiary/aromatic N) is 1. The van der Waals surface area contributed by atoms with Crippen molar-refractivity contribution in [1.82, 2.24) is 0 Å². The molecule has 1 unspecified atom stereocenters. The van der Waals surface area contributed by atoms with E-state index in [-0.39, 0.29) is 0 Å². The molecule has 4 nitrogen and oxygen atoms in total. The summed E-state index contributed by atoms with van der Waals surface area (Å²) in [5.41, 5.74) is 0.137. The van der Waals surface area contributed by atoms with Crippen molar-refractivity contribution in [2.24, 2.45) is 22.4 Å². The van der Waals surface area contributed by atoms with Gasteiger partial charge in [0.15, 0.2) is 0 Å². The van der Waals surface area contributed by atoms with Crippen molar-refractivity contribution in [2.45, 2.75) is 39.7 Å². The number of carboxylic acids is 1. The zero-order chi connectivity index (χ0) is 15.3. The van der Waals surface area contributed by atoms with Crippen LogP contribution in [0.5, 0.6) is 0 Å². The fourth-order valence-corrected chi connectivity index (χ4v) is 3.34. The third-order valence-electron chi connectivity index (χ3n) is 4.10. The molecule has 1 aromatic rings. The number of hydrogen-bond donors (Lipinski definition) is 1. The van der Waals surface area contributed by atoms with Crippen LogP contribution >= 0.6 is 0 Å². The van der Waals surface area contributed by atoms with Crippen molar-refractivity contribution >= 4 is 12.2 Å². The van der Waals surface area contributed by atoms with Gasteiger partial charge in [-0.05, 0) is 36.7 Å². The van der Waals surface area contributed by atoms with Gasteiger partial charge in [-0.2, -0.15) is 0 Å². The Morgan fingerprint density at radius 1 is 1.33 bits per heavy atom.